The zero-order valence-electron chi connectivity index (χ0n) is 9.74. The smallest absolute Gasteiger partial charge is 0.163 e. The summed E-state index contributed by atoms with van der Waals surface area (Å²) >= 11 is 0. The van der Waals surface area contributed by atoms with E-state index in [0.717, 1.165) is 37.2 Å². The molecule has 0 spiro atoms. The number of carbonyl (C=O) groups is 1. The molecule has 2 rings (SSSR count). The summed E-state index contributed by atoms with van der Waals surface area (Å²) in [5.41, 5.74) is 1.97. The monoisotopic (exact) mass is 218 g/mol. The third-order valence-corrected chi connectivity index (χ3v) is 3.26. The van der Waals surface area contributed by atoms with Crippen LogP contribution in [-0.4, -0.2) is 19.0 Å². The van der Waals surface area contributed by atoms with Crippen LogP contribution in [0.4, 0.5) is 0 Å². The van der Waals surface area contributed by atoms with Gasteiger partial charge in [0.05, 0.1) is 0 Å². The minimum atomic E-state index is 0.282. The zero-order chi connectivity index (χ0) is 11.4. The number of rotatable bonds is 3. The molecule has 0 bridgehead atoms. The lowest BCUT2D eigenvalue weighted by atomic mass is 9.91. The highest BCUT2D eigenvalue weighted by Crippen LogP contribution is 2.21. The van der Waals surface area contributed by atoms with Gasteiger partial charge in [0.1, 0.15) is 0 Å². The SMILES string of the molecule is Cc1ccccc1C(=O)CC1CCOCC1. The van der Waals surface area contributed by atoms with Crippen molar-refractivity contribution in [2.24, 2.45) is 5.92 Å². The van der Waals surface area contributed by atoms with Gasteiger partial charge in [0.15, 0.2) is 5.78 Å². The van der Waals surface area contributed by atoms with E-state index in [1.54, 1.807) is 0 Å². The molecule has 1 heterocycles. The molecule has 2 heteroatoms. The second-order valence-electron chi connectivity index (χ2n) is 4.50. The lowest BCUT2D eigenvalue weighted by Crippen LogP contribution is -2.19. The van der Waals surface area contributed by atoms with E-state index in [1.807, 2.05) is 31.2 Å². The fourth-order valence-corrected chi connectivity index (χ4v) is 2.21. The first-order chi connectivity index (χ1) is 7.77. The fraction of sp³-hybridized carbons (Fsp3) is 0.500. The van der Waals surface area contributed by atoms with Crippen molar-refractivity contribution in [3.05, 3.63) is 35.4 Å². The Morgan fingerprint density at radius 2 is 2.00 bits per heavy atom. The molecule has 0 atom stereocenters. The first-order valence-electron chi connectivity index (χ1n) is 5.94. The minimum absolute atomic E-state index is 0.282. The molecule has 2 nitrogen and oxygen atoms in total. The van der Waals surface area contributed by atoms with Crippen LogP contribution < -0.4 is 0 Å². The molecule has 1 aliphatic rings. The van der Waals surface area contributed by atoms with Gasteiger partial charge in [0.25, 0.3) is 0 Å². The quantitative estimate of drug-likeness (QED) is 0.729. The lowest BCUT2D eigenvalue weighted by molar-refractivity contribution is 0.0601. The summed E-state index contributed by atoms with van der Waals surface area (Å²) in [6, 6.07) is 7.83. The van der Waals surface area contributed by atoms with Crippen molar-refractivity contribution in [2.75, 3.05) is 13.2 Å². The molecule has 0 N–H and O–H groups in total. The first kappa shape index (κ1) is 11.3. The van der Waals surface area contributed by atoms with Crippen LogP contribution in [0.15, 0.2) is 24.3 Å². The van der Waals surface area contributed by atoms with Gasteiger partial charge in [0, 0.05) is 25.2 Å². The number of ketones is 1. The van der Waals surface area contributed by atoms with Crippen LogP contribution >= 0.6 is 0 Å². The molecule has 0 amide bonds. The molecule has 0 unspecified atom stereocenters. The predicted molar refractivity (Wildman–Crippen MR) is 63.7 cm³/mol. The van der Waals surface area contributed by atoms with Gasteiger partial charge in [-0.1, -0.05) is 24.3 Å². The molecule has 1 aliphatic heterocycles. The molecule has 0 saturated carbocycles. The average Bonchev–Trinajstić information content (AvgIpc) is 2.31. The van der Waals surface area contributed by atoms with Crippen molar-refractivity contribution in [2.45, 2.75) is 26.2 Å². The molecule has 1 fully saturated rings. The normalized spacial score (nSPS) is 17.3. The van der Waals surface area contributed by atoms with Gasteiger partial charge in [0.2, 0.25) is 0 Å². The van der Waals surface area contributed by atoms with Crippen LogP contribution in [0.3, 0.4) is 0 Å². The number of hydrogen-bond donors (Lipinski definition) is 0. The van der Waals surface area contributed by atoms with Gasteiger partial charge in [-0.05, 0) is 31.2 Å². The van der Waals surface area contributed by atoms with E-state index < -0.39 is 0 Å². The summed E-state index contributed by atoms with van der Waals surface area (Å²) < 4.78 is 5.30. The van der Waals surface area contributed by atoms with Crippen LogP contribution in [0, 0.1) is 12.8 Å². The number of Topliss-reactive ketones (excluding diaryl/α,β-unsaturated/α-hetero) is 1. The van der Waals surface area contributed by atoms with Gasteiger partial charge in [-0.25, -0.2) is 0 Å². The summed E-state index contributed by atoms with van der Waals surface area (Å²) in [5.74, 6) is 0.797. The fourth-order valence-electron chi connectivity index (χ4n) is 2.21. The summed E-state index contributed by atoms with van der Waals surface area (Å²) in [5, 5.41) is 0. The topological polar surface area (TPSA) is 26.3 Å². The van der Waals surface area contributed by atoms with E-state index in [0.29, 0.717) is 12.3 Å². The van der Waals surface area contributed by atoms with Crippen LogP contribution in [0.2, 0.25) is 0 Å². The van der Waals surface area contributed by atoms with Crippen molar-refractivity contribution < 1.29 is 9.53 Å². The Bertz CT molecular complexity index is 365. The highest BCUT2D eigenvalue weighted by molar-refractivity contribution is 5.97. The molecule has 0 radical (unpaired) electrons. The molecular weight excluding hydrogens is 200 g/mol. The predicted octanol–water partition coefficient (Wildman–Crippen LogP) is 2.99. The Labute approximate surface area is 96.6 Å². The van der Waals surface area contributed by atoms with E-state index in [2.05, 4.69) is 0 Å². The third kappa shape index (κ3) is 2.70. The number of benzene rings is 1. The Kier molecular flexibility index (Phi) is 3.73. The van der Waals surface area contributed by atoms with Gasteiger partial charge >= 0.3 is 0 Å². The Morgan fingerprint density at radius 1 is 1.31 bits per heavy atom. The summed E-state index contributed by atoms with van der Waals surface area (Å²) in [7, 11) is 0. The molecule has 1 aromatic carbocycles. The minimum Gasteiger partial charge on any atom is -0.381 e. The molecule has 16 heavy (non-hydrogen) atoms. The zero-order valence-corrected chi connectivity index (χ0v) is 9.74. The van der Waals surface area contributed by atoms with E-state index in [4.69, 9.17) is 4.74 Å². The number of ether oxygens (including phenoxy) is 1. The number of aryl methyl sites for hydroxylation is 1. The summed E-state index contributed by atoms with van der Waals surface area (Å²) in [6.45, 7) is 3.62. The third-order valence-electron chi connectivity index (χ3n) is 3.26. The second kappa shape index (κ2) is 5.26. The van der Waals surface area contributed by atoms with Crippen molar-refractivity contribution in [1.29, 1.82) is 0 Å². The summed E-state index contributed by atoms with van der Waals surface area (Å²) in [6.07, 6.45) is 2.73. The molecule has 1 aromatic rings. The maximum atomic E-state index is 12.1. The van der Waals surface area contributed by atoms with Crippen molar-refractivity contribution >= 4 is 5.78 Å². The largest absolute Gasteiger partial charge is 0.381 e. The van der Waals surface area contributed by atoms with Crippen LogP contribution in [0.5, 0.6) is 0 Å². The van der Waals surface area contributed by atoms with Gasteiger partial charge in [-0.15, -0.1) is 0 Å². The van der Waals surface area contributed by atoms with Crippen molar-refractivity contribution in [1.82, 2.24) is 0 Å². The van der Waals surface area contributed by atoms with E-state index in [9.17, 15) is 4.79 Å². The molecule has 0 aromatic heterocycles. The highest BCUT2D eigenvalue weighted by atomic mass is 16.5. The highest BCUT2D eigenvalue weighted by Gasteiger charge is 2.18. The molecule has 86 valence electrons. The van der Waals surface area contributed by atoms with Crippen molar-refractivity contribution in [3.8, 4) is 0 Å². The lowest BCUT2D eigenvalue weighted by Gasteiger charge is -2.21. The average molecular weight is 218 g/mol. The molecule has 0 aliphatic carbocycles. The van der Waals surface area contributed by atoms with E-state index in [1.165, 1.54) is 0 Å². The van der Waals surface area contributed by atoms with Crippen LogP contribution in [0.1, 0.15) is 35.2 Å². The number of carbonyl (C=O) groups excluding carboxylic acids is 1. The van der Waals surface area contributed by atoms with E-state index in [-0.39, 0.29) is 5.78 Å². The maximum absolute atomic E-state index is 12.1. The molecule has 1 saturated heterocycles. The van der Waals surface area contributed by atoms with Crippen molar-refractivity contribution in [3.63, 3.8) is 0 Å². The Morgan fingerprint density at radius 3 is 2.69 bits per heavy atom. The Hall–Kier alpha value is -1.15. The number of hydrogen-bond acceptors (Lipinski definition) is 2. The first-order valence-corrected chi connectivity index (χ1v) is 5.94. The van der Waals surface area contributed by atoms with Crippen LogP contribution in [-0.2, 0) is 4.74 Å². The van der Waals surface area contributed by atoms with Gasteiger partial charge in [-0.3, -0.25) is 4.79 Å². The second-order valence-corrected chi connectivity index (χ2v) is 4.50. The summed E-state index contributed by atoms with van der Waals surface area (Å²) in [4.78, 5) is 12.1. The standard InChI is InChI=1S/C14H18O2/c1-11-4-2-3-5-13(11)14(15)10-12-6-8-16-9-7-12/h2-5,12H,6-10H2,1H3. The Balaban J connectivity index is 2.00. The molecular formula is C14H18O2. The van der Waals surface area contributed by atoms with Gasteiger partial charge < -0.3 is 4.74 Å². The van der Waals surface area contributed by atoms with Gasteiger partial charge in [-0.2, -0.15) is 0 Å². The van der Waals surface area contributed by atoms with Crippen LogP contribution in [0.25, 0.3) is 0 Å². The maximum Gasteiger partial charge on any atom is 0.163 e. The van der Waals surface area contributed by atoms with E-state index >= 15 is 0 Å².